The van der Waals surface area contributed by atoms with Crippen LogP contribution >= 0.6 is 0 Å². The molecule has 1 fully saturated rings. The smallest absolute Gasteiger partial charge is 0.339 e. The summed E-state index contributed by atoms with van der Waals surface area (Å²) in [5.41, 5.74) is 2.11. The van der Waals surface area contributed by atoms with Crippen LogP contribution in [0.25, 0.3) is 11.1 Å². The Morgan fingerprint density at radius 2 is 1.61 bits per heavy atom. The van der Waals surface area contributed by atoms with Crippen LogP contribution in [0.3, 0.4) is 0 Å². The second-order valence-electron chi connectivity index (χ2n) is 7.04. The molecule has 1 saturated carbocycles. The Balaban J connectivity index is 1.67. The summed E-state index contributed by atoms with van der Waals surface area (Å²) < 4.78 is 5.26. The lowest BCUT2D eigenvalue weighted by Gasteiger charge is -2.16. The molecule has 2 aromatic rings. The van der Waals surface area contributed by atoms with Gasteiger partial charge in [-0.3, -0.25) is 4.79 Å². The van der Waals surface area contributed by atoms with Crippen molar-refractivity contribution in [3.63, 3.8) is 0 Å². The van der Waals surface area contributed by atoms with Crippen LogP contribution in [-0.2, 0) is 9.53 Å². The van der Waals surface area contributed by atoms with Gasteiger partial charge in [-0.05, 0) is 30.5 Å². The Kier molecular flexibility index (Phi) is 6.80. The van der Waals surface area contributed by atoms with E-state index in [-0.39, 0.29) is 18.6 Å². The minimum Gasteiger partial charge on any atom is -0.452 e. The number of hydrogen-bond donors (Lipinski definition) is 1. The van der Waals surface area contributed by atoms with Gasteiger partial charge in [0, 0.05) is 11.6 Å². The molecule has 5 nitrogen and oxygen atoms in total. The van der Waals surface area contributed by atoms with E-state index in [1.54, 1.807) is 42.5 Å². The fourth-order valence-corrected chi connectivity index (χ4v) is 3.61. The van der Waals surface area contributed by atoms with Crippen molar-refractivity contribution in [3.05, 3.63) is 59.7 Å². The Morgan fingerprint density at radius 3 is 2.32 bits per heavy atom. The van der Waals surface area contributed by atoms with Crippen LogP contribution in [0.1, 0.15) is 54.4 Å². The molecule has 0 aromatic heterocycles. The summed E-state index contributed by atoms with van der Waals surface area (Å²) in [4.78, 5) is 24.8. The maximum atomic E-state index is 12.6. The lowest BCUT2D eigenvalue weighted by Crippen LogP contribution is -2.37. The van der Waals surface area contributed by atoms with Crippen molar-refractivity contribution in [1.29, 1.82) is 5.26 Å². The van der Waals surface area contributed by atoms with Gasteiger partial charge in [0.2, 0.25) is 0 Å². The normalized spacial score (nSPS) is 14.5. The maximum Gasteiger partial charge on any atom is 0.339 e. The first-order valence-corrected chi connectivity index (χ1v) is 9.74. The van der Waals surface area contributed by atoms with E-state index in [1.807, 2.05) is 6.07 Å². The topological polar surface area (TPSA) is 79.2 Å². The third-order valence-electron chi connectivity index (χ3n) is 5.04. The van der Waals surface area contributed by atoms with Gasteiger partial charge in [0.15, 0.2) is 6.61 Å². The molecular formula is C23H24N2O3. The SMILES string of the molecule is N#Cc1ccccc1-c1ccccc1C(=O)OCC(=O)NC1CCCCCC1. The van der Waals surface area contributed by atoms with Crippen molar-refractivity contribution < 1.29 is 14.3 Å². The molecule has 0 bridgehead atoms. The quantitative estimate of drug-likeness (QED) is 0.626. The van der Waals surface area contributed by atoms with Gasteiger partial charge in [0.1, 0.15) is 0 Å². The summed E-state index contributed by atoms with van der Waals surface area (Å²) in [5.74, 6) is -0.838. The fourth-order valence-electron chi connectivity index (χ4n) is 3.61. The molecule has 144 valence electrons. The lowest BCUT2D eigenvalue weighted by molar-refractivity contribution is -0.125. The molecule has 1 N–H and O–H groups in total. The van der Waals surface area contributed by atoms with Crippen molar-refractivity contribution in [2.24, 2.45) is 0 Å². The highest BCUT2D eigenvalue weighted by atomic mass is 16.5. The van der Waals surface area contributed by atoms with Crippen molar-refractivity contribution in [3.8, 4) is 17.2 Å². The van der Waals surface area contributed by atoms with Gasteiger partial charge in [0.05, 0.1) is 17.2 Å². The monoisotopic (exact) mass is 376 g/mol. The van der Waals surface area contributed by atoms with Gasteiger partial charge in [-0.2, -0.15) is 5.26 Å². The number of amides is 1. The fraction of sp³-hybridized carbons (Fsp3) is 0.348. The van der Waals surface area contributed by atoms with E-state index in [1.165, 1.54) is 12.8 Å². The second kappa shape index (κ2) is 9.70. The van der Waals surface area contributed by atoms with Crippen molar-refractivity contribution in [2.45, 2.75) is 44.6 Å². The van der Waals surface area contributed by atoms with Gasteiger partial charge in [-0.15, -0.1) is 0 Å². The highest BCUT2D eigenvalue weighted by Gasteiger charge is 2.19. The summed E-state index contributed by atoms with van der Waals surface area (Å²) in [6.07, 6.45) is 6.62. The first-order valence-electron chi connectivity index (χ1n) is 9.74. The molecule has 0 heterocycles. The number of nitriles is 1. The molecule has 1 aliphatic rings. The van der Waals surface area contributed by atoms with E-state index in [0.717, 1.165) is 25.7 Å². The highest BCUT2D eigenvalue weighted by molar-refractivity contribution is 5.98. The summed E-state index contributed by atoms with van der Waals surface area (Å²) in [6.45, 7) is -0.302. The van der Waals surface area contributed by atoms with Crippen LogP contribution in [0, 0.1) is 11.3 Å². The Labute approximate surface area is 165 Å². The van der Waals surface area contributed by atoms with Crippen molar-refractivity contribution in [2.75, 3.05) is 6.61 Å². The van der Waals surface area contributed by atoms with E-state index in [4.69, 9.17) is 4.74 Å². The van der Waals surface area contributed by atoms with E-state index in [9.17, 15) is 14.9 Å². The molecule has 28 heavy (non-hydrogen) atoms. The number of nitrogens with one attached hydrogen (secondary N) is 1. The second-order valence-corrected chi connectivity index (χ2v) is 7.04. The zero-order valence-corrected chi connectivity index (χ0v) is 15.8. The number of ether oxygens (including phenoxy) is 1. The van der Waals surface area contributed by atoms with E-state index >= 15 is 0 Å². The van der Waals surface area contributed by atoms with Gasteiger partial charge in [0.25, 0.3) is 5.91 Å². The molecule has 0 radical (unpaired) electrons. The molecule has 5 heteroatoms. The summed E-state index contributed by atoms with van der Waals surface area (Å²) >= 11 is 0. The maximum absolute atomic E-state index is 12.6. The van der Waals surface area contributed by atoms with Gasteiger partial charge >= 0.3 is 5.97 Å². The molecule has 0 atom stereocenters. The molecular weight excluding hydrogens is 352 g/mol. The van der Waals surface area contributed by atoms with Crippen molar-refractivity contribution >= 4 is 11.9 Å². The molecule has 0 unspecified atom stereocenters. The highest BCUT2D eigenvalue weighted by Crippen LogP contribution is 2.27. The number of benzene rings is 2. The number of esters is 1. The average Bonchev–Trinajstić information content (AvgIpc) is 3.00. The third-order valence-corrected chi connectivity index (χ3v) is 5.04. The van der Waals surface area contributed by atoms with Gasteiger partial charge in [-0.1, -0.05) is 62.1 Å². The van der Waals surface area contributed by atoms with Crippen LogP contribution in [0.15, 0.2) is 48.5 Å². The molecule has 1 amide bonds. The van der Waals surface area contributed by atoms with Gasteiger partial charge in [-0.25, -0.2) is 4.79 Å². The standard InChI is InChI=1S/C23H24N2O3/c24-15-17-9-5-6-12-19(17)20-13-7-8-14-21(20)23(27)28-16-22(26)25-18-10-3-1-2-4-11-18/h5-9,12-14,18H,1-4,10-11,16H2,(H,25,26). The number of nitrogens with zero attached hydrogens (tertiary/aromatic N) is 1. The van der Waals surface area contributed by atoms with Crippen LogP contribution in [-0.4, -0.2) is 24.5 Å². The van der Waals surface area contributed by atoms with Crippen LogP contribution < -0.4 is 5.32 Å². The predicted octanol–water partition coefficient (Wildman–Crippen LogP) is 4.22. The molecule has 0 saturated heterocycles. The first kappa shape index (κ1) is 19.6. The molecule has 3 rings (SSSR count). The summed E-state index contributed by atoms with van der Waals surface area (Å²) in [7, 11) is 0. The first-order chi connectivity index (χ1) is 13.7. The average molecular weight is 376 g/mol. The Morgan fingerprint density at radius 1 is 0.964 bits per heavy atom. The van der Waals surface area contributed by atoms with Crippen molar-refractivity contribution in [1.82, 2.24) is 5.32 Å². The molecule has 0 aliphatic heterocycles. The van der Waals surface area contributed by atoms with E-state index in [0.29, 0.717) is 22.3 Å². The van der Waals surface area contributed by atoms with E-state index < -0.39 is 5.97 Å². The zero-order valence-electron chi connectivity index (χ0n) is 15.8. The number of carbonyl (C=O) groups excluding carboxylic acids is 2. The molecule has 1 aliphatic carbocycles. The largest absolute Gasteiger partial charge is 0.452 e. The molecule has 2 aromatic carbocycles. The zero-order chi connectivity index (χ0) is 19.8. The lowest BCUT2D eigenvalue weighted by atomic mass is 9.96. The van der Waals surface area contributed by atoms with Crippen LogP contribution in [0.2, 0.25) is 0 Å². The minimum atomic E-state index is -0.570. The third kappa shape index (κ3) is 4.98. The summed E-state index contributed by atoms with van der Waals surface area (Å²) in [6, 6.07) is 16.4. The van der Waals surface area contributed by atoms with Gasteiger partial charge < -0.3 is 10.1 Å². The minimum absolute atomic E-state index is 0.170. The number of hydrogen-bond acceptors (Lipinski definition) is 4. The summed E-state index contributed by atoms with van der Waals surface area (Å²) in [5, 5.41) is 12.3. The molecule has 0 spiro atoms. The Hall–Kier alpha value is -3.13. The van der Waals surface area contributed by atoms with E-state index in [2.05, 4.69) is 11.4 Å². The predicted molar refractivity (Wildman–Crippen MR) is 107 cm³/mol. The Bertz CT molecular complexity index is 877. The van der Waals surface area contributed by atoms with Crippen LogP contribution in [0.5, 0.6) is 0 Å². The number of carbonyl (C=O) groups is 2. The van der Waals surface area contributed by atoms with Crippen LogP contribution in [0.4, 0.5) is 0 Å². The number of rotatable bonds is 5.